The SMILES string of the molecule is CC/C=C\C/C=C\C/C=C\C/C=C\C/C=C\C/C=C\CC(O)C(=O)NC(COC1OC(CO)C(O)C(O)C1OC(=O)CCCCCCCCCCCCC/C=C\C/C=C\CCCCC)C(O)/C=C/CCCCCCCCCCC. The molecule has 0 aromatic rings. The largest absolute Gasteiger partial charge is 0.454 e. The molecule has 0 radical (unpaired) electrons. The van der Waals surface area contributed by atoms with Crippen molar-refractivity contribution in [3.05, 3.63) is 109 Å². The summed E-state index contributed by atoms with van der Waals surface area (Å²) in [5, 5.41) is 56.9. The van der Waals surface area contributed by atoms with E-state index in [9.17, 15) is 35.1 Å². The Labute approximate surface area is 481 Å². The molecule has 1 fully saturated rings. The number of aliphatic hydroxyl groups excluding tert-OH is 5. The van der Waals surface area contributed by atoms with E-state index in [0.29, 0.717) is 12.8 Å². The Kier molecular flexibility index (Phi) is 50.9. The average Bonchev–Trinajstić information content (AvgIpc) is 3.45. The molecule has 0 saturated carbocycles. The number of unbranched alkanes of at least 4 members (excludes halogenated alkanes) is 23. The lowest BCUT2D eigenvalue weighted by molar-refractivity contribution is -0.305. The number of hydrogen-bond acceptors (Lipinski definition) is 10. The van der Waals surface area contributed by atoms with Gasteiger partial charge in [-0.3, -0.25) is 9.59 Å². The molecule has 79 heavy (non-hydrogen) atoms. The topological polar surface area (TPSA) is 175 Å². The van der Waals surface area contributed by atoms with Gasteiger partial charge < -0.3 is 45.1 Å². The van der Waals surface area contributed by atoms with Crippen molar-refractivity contribution < 1.29 is 49.3 Å². The first-order valence-corrected chi connectivity index (χ1v) is 31.7. The van der Waals surface area contributed by atoms with Gasteiger partial charge in [0.1, 0.15) is 24.4 Å². The van der Waals surface area contributed by atoms with Gasteiger partial charge in [-0.25, -0.2) is 0 Å². The van der Waals surface area contributed by atoms with E-state index in [-0.39, 0.29) is 19.4 Å². The summed E-state index contributed by atoms with van der Waals surface area (Å²) < 4.78 is 17.6. The Bertz CT molecular complexity index is 1700. The minimum Gasteiger partial charge on any atom is -0.454 e. The molecule has 452 valence electrons. The van der Waals surface area contributed by atoms with E-state index in [1.165, 1.54) is 109 Å². The van der Waals surface area contributed by atoms with Crippen LogP contribution in [0.1, 0.15) is 245 Å². The summed E-state index contributed by atoms with van der Waals surface area (Å²) in [5.74, 6) is -1.29. The van der Waals surface area contributed by atoms with Crippen LogP contribution in [0.2, 0.25) is 0 Å². The summed E-state index contributed by atoms with van der Waals surface area (Å²) in [5.41, 5.74) is 0. The third kappa shape index (κ3) is 42.8. The molecule has 0 spiro atoms. The lowest BCUT2D eigenvalue weighted by Crippen LogP contribution is -2.61. The molecule has 8 unspecified atom stereocenters. The number of allylic oxidation sites excluding steroid dienone is 16. The molecule has 1 aliphatic heterocycles. The smallest absolute Gasteiger partial charge is 0.306 e. The van der Waals surface area contributed by atoms with Crippen LogP contribution in [0.25, 0.3) is 0 Å². The molecular weight excluding hydrogens is 991 g/mol. The van der Waals surface area contributed by atoms with Crippen LogP contribution in [0.4, 0.5) is 0 Å². The lowest BCUT2D eigenvalue weighted by Gasteiger charge is -2.41. The van der Waals surface area contributed by atoms with Crippen molar-refractivity contribution in [2.24, 2.45) is 0 Å². The number of ether oxygens (including phenoxy) is 3. The van der Waals surface area contributed by atoms with E-state index < -0.39 is 67.4 Å². The average molecular weight is 1110 g/mol. The van der Waals surface area contributed by atoms with Crippen LogP contribution < -0.4 is 5.32 Å². The molecule has 11 heteroatoms. The lowest BCUT2D eigenvalue weighted by atomic mass is 9.99. The third-order valence-electron chi connectivity index (χ3n) is 14.2. The molecular formula is C68H115NO10. The minimum atomic E-state index is -1.63. The molecule has 0 aromatic carbocycles. The molecule has 6 N–H and O–H groups in total. The minimum absolute atomic E-state index is 0.0530. The second-order valence-electron chi connectivity index (χ2n) is 21.4. The monoisotopic (exact) mass is 1110 g/mol. The van der Waals surface area contributed by atoms with Crippen LogP contribution in [0.5, 0.6) is 0 Å². The molecule has 1 amide bonds. The molecule has 1 aliphatic rings. The van der Waals surface area contributed by atoms with Gasteiger partial charge in [-0.05, 0) is 89.9 Å². The van der Waals surface area contributed by atoms with Crippen molar-refractivity contribution in [2.75, 3.05) is 13.2 Å². The summed E-state index contributed by atoms with van der Waals surface area (Å²) in [4.78, 5) is 26.5. The third-order valence-corrected chi connectivity index (χ3v) is 14.2. The van der Waals surface area contributed by atoms with Gasteiger partial charge in [0.25, 0.3) is 0 Å². The number of carbonyl (C=O) groups is 2. The van der Waals surface area contributed by atoms with Gasteiger partial charge >= 0.3 is 5.97 Å². The highest BCUT2D eigenvalue weighted by molar-refractivity contribution is 5.81. The standard InChI is InChI=1S/C68H115NO10/c1-4-7-10-13-16-19-22-24-26-28-30-31-32-34-36-38-41-44-47-50-53-56-63(73)79-66-65(75)64(74)62(57-70)78-68(66)77-58-59(60(71)54-51-48-45-42-39-21-18-15-12-9-6-3)69-67(76)61(72)55-52-49-46-43-40-37-35-33-29-27-25-23-20-17-14-11-8-5-2/h8,11,16-17,19-20,24-27,33,35,40,43,49,51-52,54,59-62,64-66,68,70-72,74-75H,4-7,9-10,12-15,18,21-23,28-32,34,36-39,41-42,44-48,50,53,55-58H2,1-3H3,(H,69,76)/b11-8-,19-16-,20-17-,26-24-,27-25-,35-33-,43-40-,52-49-,54-51+. The molecule has 0 aliphatic carbocycles. The van der Waals surface area contributed by atoms with Crippen molar-refractivity contribution in [1.29, 1.82) is 0 Å². The van der Waals surface area contributed by atoms with Crippen LogP contribution in [0.3, 0.4) is 0 Å². The van der Waals surface area contributed by atoms with Crippen LogP contribution in [0.15, 0.2) is 109 Å². The maximum atomic E-state index is 13.4. The van der Waals surface area contributed by atoms with Crippen molar-refractivity contribution >= 4 is 11.9 Å². The highest BCUT2D eigenvalue weighted by Gasteiger charge is 2.47. The van der Waals surface area contributed by atoms with E-state index >= 15 is 0 Å². The molecule has 11 nitrogen and oxygen atoms in total. The van der Waals surface area contributed by atoms with E-state index in [0.717, 1.165) is 89.9 Å². The van der Waals surface area contributed by atoms with Crippen molar-refractivity contribution in [3.63, 3.8) is 0 Å². The van der Waals surface area contributed by atoms with Crippen molar-refractivity contribution in [1.82, 2.24) is 5.32 Å². The van der Waals surface area contributed by atoms with Gasteiger partial charge in [0.15, 0.2) is 12.4 Å². The number of esters is 1. The van der Waals surface area contributed by atoms with E-state index in [1.54, 1.807) is 12.2 Å². The Morgan fingerprint density at radius 2 is 0.911 bits per heavy atom. The van der Waals surface area contributed by atoms with Gasteiger partial charge in [-0.2, -0.15) is 0 Å². The summed E-state index contributed by atoms with van der Waals surface area (Å²) in [6.45, 7) is 5.59. The normalized spacial score (nSPS) is 19.6. The first kappa shape index (κ1) is 73.3. The van der Waals surface area contributed by atoms with Gasteiger partial charge in [-0.1, -0.05) is 252 Å². The van der Waals surface area contributed by atoms with Crippen LogP contribution >= 0.6 is 0 Å². The van der Waals surface area contributed by atoms with Gasteiger partial charge in [-0.15, -0.1) is 0 Å². The van der Waals surface area contributed by atoms with Gasteiger partial charge in [0, 0.05) is 12.8 Å². The van der Waals surface area contributed by atoms with Gasteiger partial charge in [0.2, 0.25) is 5.91 Å². The van der Waals surface area contributed by atoms with E-state index in [4.69, 9.17) is 14.2 Å². The van der Waals surface area contributed by atoms with Crippen molar-refractivity contribution in [2.45, 2.75) is 294 Å². The highest BCUT2D eigenvalue weighted by atomic mass is 16.7. The summed E-state index contributed by atoms with van der Waals surface area (Å²) in [6, 6.07) is -1.07. The predicted octanol–water partition coefficient (Wildman–Crippen LogP) is 15.3. The fraction of sp³-hybridized carbons (Fsp3) is 0.706. The molecule has 1 saturated heterocycles. The van der Waals surface area contributed by atoms with E-state index in [1.807, 2.05) is 18.2 Å². The van der Waals surface area contributed by atoms with Crippen LogP contribution in [0, 0.1) is 0 Å². The first-order chi connectivity index (χ1) is 38.7. The number of carbonyl (C=O) groups excluding carboxylic acids is 2. The second kappa shape index (κ2) is 54.9. The number of hydrogen-bond donors (Lipinski definition) is 6. The molecule has 1 heterocycles. The first-order valence-electron chi connectivity index (χ1n) is 31.7. The van der Waals surface area contributed by atoms with Crippen LogP contribution in [-0.4, -0.2) is 99.6 Å². The zero-order valence-corrected chi connectivity index (χ0v) is 50.0. The number of aliphatic hydroxyl groups is 5. The Balaban J connectivity index is 2.69. The Hall–Kier alpha value is -3.68. The maximum absolute atomic E-state index is 13.4. The predicted molar refractivity (Wildman–Crippen MR) is 328 cm³/mol. The highest BCUT2D eigenvalue weighted by Crippen LogP contribution is 2.26. The zero-order valence-electron chi connectivity index (χ0n) is 50.0. The Morgan fingerprint density at radius 1 is 0.506 bits per heavy atom. The molecule has 1 rings (SSSR count). The molecule has 8 atom stereocenters. The van der Waals surface area contributed by atoms with Gasteiger partial charge in [0.05, 0.1) is 25.4 Å². The maximum Gasteiger partial charge on any atom is 0.306 e. The molecule has 0 bridgehead atoms. The zero-order chi connectivity index (χ0) is 57.5. The fourth-order valence-corrected chi connectivity index (χ4v) is 9.17. The number of rotatable bonds is 52. The molecule has 0 aromatic heterocycles. The summed E-state index contributed by atoms with van der Waals surface area (Å²) >= 11 is 0. The quantitative estimate of drug-likeness (QED) is 0.0195. The Morgan fingerprint density at radius 3 is 1.39 bits per heavy atom. The summed E-state index contributed by atoms with van der Waals surface area (Å²) in [6.07, 6.45) is 64.3. The van der Waals surface area contributed by atoms with Crippen molar-refractivity contribution in [3.8, 4) is 0 Å². The van der Waals surface area contributed by atoms with Crippen LogP contribution in [-0.2, 0) is 23.8 Å². The second-order valence-corrected chi connectivity index (χ2v) is 21.4. The number of nitrogens with one attached hydrogen (secondary N) is 1. The van der Waals surface area contributed by atoms with E-state index in [2.05, 4.69) is 105 Å². The summed E-state index contributed by atoms with van der Waals surface area (Å²) in [7, 11) is 0. The fourth-order valence-electron chi connectivity index (χ4n) is 9.17. The number of amides is 1.